The van der Waals surface area contributed by atoms with Crippen molar-refractivity contribution in [3.8, 4) is 11.5 Å². The molecule has 1 atom stereocenters. The van der Waals surface area contributed by atoms with E-state index in [0.717, 1.165) is 42.5 Å². The maximum atomic E-state index is 5.47. The number of benzene rings is 2. The smallest absolute Gasteiger partial charge is 0.191 e. The highest BCUT2D eigenvalue weighted by Crippen LogP contribution is 2.24. The molecule has 2 aromatic carbocycles. The van der Waals surface area contributed by atoms with Crippen LogP contribution in [0.15, 0.2) is 47.5 Å². The largest absolute Gasteiger partial charge is 0.497 e. The van der Waals surface area contributed by atoms with Crippen LogP contribution >= 0.6 is 0 Å². The molecule has 2 N–H and O–H groups in total. The fraction of sp³-hybridized carbons (Fsp3) is 0.409. The minimum Gasteiger partial charge on any atom is -0.497 e. The van der Waals surface area contributed by atoms with Crippen LogP contribution < -0.4 is 25.0 Å². The second-order valence-electron chi connectivity index (χ2n) is 7.02. The van der Waals surface area contributed by atoms with Gasteiger partial charge in [0, 0.05) is 50.0 Å². The minimum atomic E-state index is 0.366. The van der Waals surface area contributed by atoms with E-state index in [-0.39, 0.29) is 0 Å². The van der Waals surface area contributed by atoms with E-state index in [0.29, 0.717) is 12.6 Å². The molecule has 0 aliphatic carbocycles. The van der Waals surface area contributed by atoms with Gasteiger partial charge in [0.2, 0.25) is 0 Å². The Balaban J connectivity index is 1.55. The Bertz CT molecular complexity index is 805. The summed E-state index contributed by atoms with van der Waals surface area (Å²) in [6.07, 6.45) is 1.08. The van der Waals surface area contributed by atoms with Gasteiger partial charge in [0.15, 0.2) is 5.96 Å². The van der Waals surface area contributed by atoms with Crippen molar-refractivity contribution in [3.05, 3.63) is 53.6 Å². The van der Waals surface area contributed by atoms with Gasteiger partial charge in [0.25, 0.3) is 0 Å². The highest BCUT2D eigenvalue weighted by atomic mass is 16.5. The van der Waals surface area contributed by atoms with Crippen molar-refractivity contribution in [3.63, 3.8) is 0 Å². The van der Waals surface area contributed by atoms with Gasteiger partial charge in [-0.1, -0.05) is 17.7 Å². The Labute approximate surface area is 167 Å². The fourth-order valence-electron chi connectivity index (χ4n) is 3.43. The van der Waals surface area contributed by atoms with Crippen molar-refractivity contribution >= 4 is 11.6 Å². The van der Waals surface area contributed by atoms with Crippen molar-refractivity contribution in [2.75, 3.05) is 39.3 Å². The summed E-state index contributed by atoms with van der Waals surface area (Å²) in [5, 5.41) is 6.93. The number of ether oxygens (including phenoxy) is 2. The van der Waals surface area contributed by atoms with E-state index in [1.165, 1.54) is 11.3 Å². The number of methoxy groups -OCH3 is 2. The normalized spacial score (nSPS) is 16.8. The molecule has 3 rings (SSSR count). The van der Waals surface area contributed by atoms with Crippen LogP contribution in [0.5, 0.6) is 11.5 Å². The Morgan fingerprint density at radius 3 is 2.61 bits per heavy atom. The van der Waals surface area contributed by atoms with Crippen molar-refractivity contribution in [2.24, 2.45) is 4.99 Å². The van der Waals surface area contributed by atoms with Gasteiger partial charge >= 0.3 is 0 Å². The Morgan fingerprint density at radius 2 is 1.93 bits per heavy atom. The lowest BCUT2D eigenvalue weighted by molar-refractivity contribution is 0.390. The van der Waals surface area contributed by atoms with Crippen LogP contribution in [0.1, 0.15) is 17.5 Å². The highest BCUT2D eigenvalue weighted by Gasteiger charge is 2.23. The number of aliphatic imine (C=N–C) groups is 1. The summed E-state index contributed by atoms with van der Waals surface area (Å²) in [4.78, 5) is 6.79. The number of nitrogens with zero attached hydrogens (tertiary/aromatic N) is 2. The molecule has 1 saturated heterocycles. The first-order valence-corrected chi connectivity index (χ1v) is 9.62. The summed E-state index contributed by atoms with van der Waals surface area (Å²) >= 11 is 0. The van der Waals surface area contributed by atoms with Gasteiger partial charge < -0.3 is 25.0 Å². The molecule has 28 heavy (non-hydrogen) atoms. The standard InChI is InChI=1S/C22H30N4O2/c1-16-5-8-19(9-6-16)26-12-11-18(15-26)25-22(23-2)24-14-17-7-10-20(27-3)13-21(17)28-4/h5-10,13,18H,11-12,14-15H2,1-4H3,(H2,23,24,25). The lowest BCUT2D eigenvalue weighted by atomic mass is 10.2. The number of hydrogen-bond acceptors (Lipinski definition) is 4. The minimum absolute atomic E-state index is 0.366. The van der Waals surface area contributed by atoms with Crippen LogP contribution in [0.3, 0.4) is 0 Å². The van der Waals surface area contributed by atoms with Gasteiger partial charge in [0.05, 0.1) is 14.2 Å². The highest BCUT2D eigenvalue weighted by molar-refractivity contribution is 5.80. The summed E-state index contributed by atoms with van der Waals surface area (Å²) < 4.78 is 10.7. The van der Waals surface area contributed by atoms with Crippen LogP contribution in [-0.2, 0) is 6.54 Å². The van der Waals surface area contributed by atoms with Gasteiger partial charge in [0.1, 0.15) is 11.5 Å². The Morgan fingerprint density at radius 1 is 1.14 bits per heavy atom. The molecule has 0 saturated carbocycles. The van der Waals surface area contributed by atoms with E-state index in [1.807, 2.05) is 18.2 Å². The number of hydrogen-bond donors (Lipinski definition) is 2. The molecule has 0 spiro atoms. The molecule has 150 valence electrons. The zero-order valence-electron chi connectivity index (χ0n) is 17.2. The molecule has 1 fully saturated rings. The number of rotatable bonds is 6. The number of guanidine groups is 1. The van der Waals surface area contributed by atoms with E-state index in [9.17, 15) is 0 Å². The lowest BCUT2D eigenvalue weighted by Gasteiger charge is -2.21. The van der Waals surface area contributed by atoms with Crippen LogP contribution in [0.2, 0.25) is 0 Å². The van der Waals surface area contributed by atoms with Gasteiger partial charge in [-0.2, -0.15) is 0 Å². The van der Waals surface area contributed by atoms with Gasteiger partial charge in [-0.15, -0.1) is 0 Å². The predicted molar refractivity (Wildman–Crippen MR) is 115 cm³/mol. The molecule has 6 heteroatoms. The maximum absolute atomic E-state index is 5.47. The van der Waals surface area contributed by atoms with E-state index in [4.69, 9.17) is 9.47 Å². The SMILES string of the molecule is CN=C(NCc1ccc(OC)cc1OC)NC1CCN(c2ccc(C)cc2)C1. The predicted octanol–water partition coefficient (Wildman–Crippen LogP) is 2.96. The molecule has 1 heterocycles. The van der Waals surface area contributed by atoms with Crippen LogP contribution in [0.25, 0.3) is 0 Å². The van der Waals surface area contributed by atoms with Crippen LogP contribution in [0, 0.1) is 6.92 Å². The monoisotopic (exact) mass is 382 g/mol. The molecule has 2 aromatic rings. The van der Waals surface area contributed by atoms with Crippen LogP contribution in [0.4, 0.5) is 5.69 Å². The molecule has 0 bridgehead atoms. The zero-order chi connectivity index (χ0) is 19.9. The topological polar surface area (TPSA) is 58.1 Å². The third kappa shape index (κ3) is 4.88. The van der Waals surface area contributed by atoms with E-state index >= 15 is 0 Å². The zero-order valence-corrected chi connectivity index (χ0v) is 17.2. The fourth-order valence-corrected chi connectivity index (χ4v) is 3.43. The molecular weight excluding hydrogens is 352 g/mol. The molecule has 1 aliphatic rings. The average Bonchev–Trinajstić information content (AvgIpc) is 3.20. The second-order valence-corrected chi connectivity index (χ2v) is 7.02. The molecule has 6 nitrogen and oxygen atoms in total. The molecule has 1 aliphatic heterocycles. The van der Waals surface area contributed by atoms with Gasteiger partial charge in [-0.25, -0.2) is 0 Å². The van der Waals surface area contributed by atoms with E-state index < -0.39 is 0 Å². The third-order valence-corrected chi connectivity index (χ3v) is 5.09. The molecule has 0 radical (unpaired) electrons. The molecule has 1 unspecified atom stereocenters. The molecule has 0 aromatic heterocycles. The van der Waals surface area contributed by atoms with Gasteiger partial charge in [-0.05, 0) is 37.6 Å². The van der Waals surface area contributed by atoms with Gasteiger partial charge in [-0.3, -0.25) is 4.99 Å². The van der Waals surface area contributed by atoms with E-state index in [2.05, 4.69) is 51.7 Å². The Hall–Kier alpha value is -2.89. The lowest BCUT2D eigenvalue weighted by Crippen LogP contribution is -2.44. The molecular formula is C22H30N4O2. The number of aryl methyl sites for hydroxylation is 1. The summed E-state index contributed by atoms with van der Waals surface area (Å²) in [5.74, 6) is 2.38. The summed E-state index contributed by atoms with van der Waals surface area (Å²) in [6, 6.07) is 14.9. The number of nitrogens with one attached hydrogen (secondary N) is 2. The third-order valence-electron chi connectivity index (χ3n) is 5.09. The van der Waals surface area contributed by atoms with Crippen molar-refractivity contribution in [1.29, 1.82) is 0 Å². The first-order valence-electron chi connectivity index (χ1n) is 9.62. The Kier molecular flexibility index (Phi) is 6.63. The second kappa shape index (κ2) is 9.35. The van der Waals surface area contributed by atoms with Crippen LogP contribution in [-0.4, -0.2) is 46.4 Å². The summed E-state index contributed by atoms with van der Waals surface area (Å²) in [7, 11) is 5.12. The summed E-state index contributed by atoms with van der Waals surface area (Å²) in [5.41, 5.74) is 3.62. The average molecular weight is 383 g/mol. The van der Waals surface area contributed by atoms with Crippen molar-refractivity contribution in [1.82, 2.24) is 10.6 Å². The first kappa shape index (κ1) is 19.9. The molecule has 0 amide bonds. The maximum Gasteiger partial charge on any atom is 0.191 e. The quantitative estimate of drug-likeness (QED) is 0.594. The number of anilines is 1. The summed E-state index contributed by atoms with van der Waals surface area (Å²) in [6.45, 7) is 4.76. The first-order chi connectivity index (χ1) is 13.6. The van der Waals surface area contributed by atoms with Crippen molar-refractivity contribution in [2.45, 2.75) is 25.9 Å². The van der Waals surface area contributed by atoms with E-state index in [1.54, 1.807) is 21.3 Å². The van der Waals surface area contributed by atoms with Crippen molar-refractivity contribution < 1.29 is 9.47 Å².